The minimum Gasteiger partial charge on any atom is -0.489 e. The van der Waals surface area contributed by atoms with E-state index in [1.54, 1.807) is 6.07 Å². The molecule has 0 fully saturated rings. The molecule has 0 aliphatic carbocycles. The zero-order valence-corrected chi connectivity index (χ0v) is 9.53. The number of aliphatic hydroxyl groups excluding tert-OH is 1. The van der Waals surface area contributed by atoms with Gasteiger partial charge in [0.25, 0.3) is 5.91 Å². The summed E-state index contributed by atoms with van der Waals surface area (Å²) in [4.78, 5) is 11.9. The number of para-hydroxylation sites is 1. The minimum atomic E-state index is -0.168. The number of benzene rings is 1. The van der Waals surface area contributed by atoms with Gasteiger partial charge in [0.2, 0.25) is 0 Å². The maximum Gasteiger partial charge on any atom is 0.255 e. The molecule has 3 N–H and O–H groups in total. The average Bonchev–Trinajstić information content (AvgIpc) is 2.38. The Morgan fingerprint density at radius 2 is 2.41 bits per heavy atom. The second kappa shape index (κ2) is 5.54. The maximum absolute atomic E-state index is 11.9. The number of aliphatic hydroxyl groups is 1. The lowest BCUT2D eigenvalue weighted by Gasteiger charge is -2.21. The van der Waals surface area contributed by atoms with Gasteiger partial charge < -0.3 is 20.5 Å². The number of carbonyl (C=O) groups excluding carboxylic acids is 1. The predicted molar refractivity (Wildman–Crippen MR) is 64.5 cm³/mol. The number of fused-ring (bicyclic) bond motifs is 1. The van der Waals surface area contributed by atoms with E-state index in [9.17, 15) is 4.79 Å². The van der Waals surface area contributed by atoms with Crippen molar-refractivity contribution in [2.75, 3.05) is 31.6 Å². The van der Waals surface area contributed by atoms with E-state index in [1.165, 1.54) is 0 Å². The Morgan fingerprint density at radius 3 is 3.24 bits per heavy atom. The number of anilines is 1. The average molecular weight is 236 g/mol. The molecule has 5 heteroatoms. The molecule has 1 aliphatic heterocycles. The molecule has 1 heterocycles. The molecule has 0 unspecified atom stereocenters. The van der Waals surface area contributed by atoms with Gasteiger partial charge in [0.05, 0.1) is 11.3 Å². The van der Waals surface area contributed by atoms with Gasteiger partial charge >= 0.3 is 0 Å². The van der Waals surface area contributed by atoms with Crippen molar-refractivity contribution in [2.45, 2.75) is 6.42 Å². The summed E-state index contributed by atoms with van der Waals surface area (Å²) in [5.74, 6) is 0.444. The Labute approximate surface area is 99.8 Å². The summed E-state index contributed by atoms with van der Waals surface area (Å²) in [6.45, 7) is 1.86. The van der Waals surface area contributed by atoms with Crippen LogP contribution in [0.25, 0.3) is 0 Å². The minimum absolute atomic E-state index is 0.0746. The van der Waals surface area contributed by atoms with Crippen molar-refractivity contribution in [3.8, 4) is 5.75 Å². The Hall–Kier alpha value is -1.75. The molecule has 92 valence electrons. The summed E-state index contributed by atoms with van der Waals surface area (Å²) in [7, 11) is 0. The van der Waals surface area contributed by atoms with Crippen LogP contribution >= 0.6 is 0 Å². The first-order valence-electron chi connectivity index (χ1n) is 5.71. The van der Waals surface area contributed by atoms with E-state index in [2.05, 4.69) is 10.6 Å². The molecule has 1 aromatic rings. The lowest BCUT2D eigenvalue weighted by molar-refractivity contribution is 0.0947. The van der Waals surface area contributed by atoms with Gasteiger partial charge in [0.1, 0.15) is 6.61 Å². The van der Waals surface area contributed by atoms with Crippen molar-refractivity contribution in [3.63, 3.8) is 0 Å². The standard InChI is InChI=1S/C12H16N2O3/c15-7-2-5-14-12(16)9-3-1-4-10-11(9)17-8-6-13-10/h1,3-4,13,15H,2,5-8H2,(H,14,16). The molecule has 1 amide bonds. The first kappa shape index (κ1) is 11.7. The number of hydrogen-bond donors (Lipinski definition) is 3. The highest BCUT2D eigenvalue weighted by molar-refractivity contribution is 5.98. The summed E-state index contributed by atoms with van der Waals surface area (Å²) in [5, 5.41) is 14.6. The van der Waals surface area contributed by atoms with E-state index in [-0.39, 0.29) is 12.5 Å². The van der Waals surface area contributed by atoms with Crippen molar-refractivity contribution in [1.29, 1.82) is 0 Å². The van der Waals surface area contributed by atoms with Gasteiger partial charge in [-0.25, -0.2) is 0 Å². The van der Waals surface area contributed by atoms with Gasteiger partial charge in [-0.1, -0.05) is 6.07 Å². The maximum atomic E-state index is 11.9. The molecular formula is C12H16N2O3. The van der Waals surface area contributed by atoms with Crippen LogP contribution < -0.4 is 15.4 Å². The Kier molecular flexibility index (Phi) is 3.82. The van der Waals surface area contributed by atoms with E-state index < -0.39 is 0 Å². The molecule has 5 nitrogen and oxygen atoms in total. The molecule has 0 spiro atoms. The van der Waals surface area contributed by atoms with Gasteiger partial charge in [-0.2, -0.15) is 0 Å². The van der Waals surface area contributed by atoms with Gasteiger partial charge in [-0.05, 0) is 18.6 Å². The first-order valence-corrected chi connectivity index (χ1v) is 5.71. The van der Waals surface area contributed by atoms with E-state index in [4.69, 9.17) is 9.84 Å². The Morgan fingerprint density at radius 1 is 1.53 bits per heavy atom. The normalized spacial score (nSPS) is 13.2. The molecule has 1 aromatic carbocycles. The Balaban J connectivity index is 2.12. The second-order valence-electron chi connectivity index (χ2n) is 3.79. The molecule has 0 bridgehead atoms. The summed E-state index contributed by atoms with van der Waals surface area (Å²) >= 11 is 0. The number of hydrogen-bond acceptors (Lipinski definition) is 4. The van der Waals surface area contributed by atoms with Crippen LogP contribution in [0.4, 0.5) is 5.69 Å². The van der Waals surface area contributed by atoms with E-state index in [1.807, 2.05) is 12.1 Å². The number of carbonyl (C=O) groups is 1. The molecule has 0 saturated heterocycles. The van der Waals surface area contributed by atoms with Crippen LogP contribution in [0.5, 0.6) is 5.75 Å². The molecule has 0 aromatic heterocycles. The van der Waals surface area contributed by atoms with Gasteiger partial charge in [0, 0.05) is 19.7 Å². The van der Waals surface area contributed by atoms with E-state index >= 15 is 0 Å². The van der Waals surface area contributed by atoms with Crippen molar-refractivity contribution in [2.24, 2.45) is 0 Å². The largest absolute Gasteiger partial charge is 0.489 e. The smallest absolute Gasteiger partial charge is 0.255 e. The topological polar surface area (TPSA) is 70.6 Å². The highest BCUT2D eigenvalue weighted by atomic mass is 16.5. The van der Waals surface area contributed by atoms with Gasteiger partial charge in [-0.15, -0.1) is 0 Å². The third kappa shape index (κ3) is 2.68. The Bertz CT molecular complexity index is 407. The number of ether oxygens (including phenoxy) is 1. The molecule has 0 atom stereocenters. The van der Waals surface area contributed by atoms with Crippen LogP contribution in [0.3, 0.4) is 0 Å². The summed E-state index contributed by atoms with van der Waals surface area (Å²) < 4.78 is 5.51. The third-order valence-corrected chi connectivity index (χ3v) is 2.54. The summed E-state index contributed by atoms with van der Waals surface area (Å²) in [6, 6.07) is 5.45. The van der Waals surface area contributed by atoms with Crippen molar-refractivity contribution in [1.82, 2.24) is 5.32 Å². The zero-order valence-electron chi connectivity index (χ0n) is 9.53. The highest BCUT2D eigenvalue weighted by Gasteiger charge is 2.18. The van der Waals surface area contributed by atoms with Crippen LogP contribution in [-0.2, 0) is 0 Å². The zero-order chi connectivity index (χ0) is 12.1. The lowest BCUT2D eigenvalue weighted by Crippen LogP contribution is -2.27. The fourth-order valence-corrected chi connectivity index (χ4v) is 1.73. The summed E-state index contributed by atoms with van der Waals surface area (Å²) in [6.07, 6.45) is 0.555. The number of amides is 1. The second-order valence-corrected chi connectivity index (χ2v) is 3.79. The first-order chi connectivity index (χ1) is 8.33. The van der Waals surface area contributed by atoms with E-state index in [0.29, 0.717) is 30.9 Å². The van der Waals surface area contributed by atoms with Crippen LogP contribution in [-0.4, -0.2) is 37.3 Å². The van der Waals surface area contributed by atoms with E-state index in [0.717, 1.165) is 12.2 Å². The van der Waals surface area contributed by atoms with Crippen LogP contribution in [0.2, 0.25) is 0 Å². The number of rotatable bonds is 4. The molecule has 1 aliphatic rings. The third-order valence-electron chi connectivity index (χ3n) is 2.54. The van der Waals surface area contributed by atoms with Crippen molar-refractivity contribution < 1.29 is 14.6 Å². The highest BCUT2D eigenvalue weighted by Crippen LogP contribution is 2.30. The monoisotopic (exact) mass is 236 g/mol. The SMILES string of the molecule is O=C(NCCCO)c1cccc2c1OCCN2. The van der Waals surface area contributed by atoms with Crippen LogP contribution in [0, 0.1) is 0 Å². The molecule has 17 heavy (non-hydrogen) atoms. The lowest BCUT2D eigenvalue weighted by atomic mass is 10.1. The van der Waals surface area contributed by atoms with Gasteiger partial charge in [-0.3, -0.25) is 4.79 Å². The van der Waals surface area contributed by atoms with Crippen molar-refractivity contribution in [3.05, 3.63) is 23.8 Å². The predicted octanol–water partition coefficient (Wildman–Crippen LogP) is 0.603. The fraction of sp³-hybridized carbons (Fsp3) is 0.417. The van der Waals surface area contributed by atoms with Crippen LogP contribution in [0.15, 0.2) is 18.2 Å². The molecular weight excluding hydrogens is 220 g/mol. The molecule has 2 rings (SSSR count). The van der Waals surface area contributed by atoms with Crippen LogP contribution in [0.1, 0.15) is 16.8 Å². The molecule has 0 saturated carbocycles. The number of nitrogens with one attached hydrogen (secondary N) is 2. The van der Waals surface area contributed by atoms with Crippen molar-refractivity contribution >= 4 is 11.6 Å². The molecule has 0 radical (unpaired) electrons. The van der Waals surface area contributed by atoms with Gasteiger partial charge in [0.15, 0.2) is 5.75 Å². The fourth-order valence-electron chi connectivity index (χ4n) is 1.73. The summed E-state index contributed by atoms with van der Waals surface area (Å²) in [5.41, 5.74) is 1.39. The quantitative estimate of drug-likeness (QED) is 0.670.